The van der Waals surface area contributed by atoms with Crippen LogP contribution < -0.4 is 5.32 Å². The van der Waals surface area contributed by atoms with Crippen molar-refractivity contribution < 1.29 is 14.3 Å². The van der Waals surface area contributed by atoms with Gasteiger partial charge in [0.05, 0.1) is 31.9 Å². The minimum absolute atomic E-state index is 0.0128. The molecule has 1 saturated heterocycles. The number of aliphatic hydroxyl groups excluding tert-OH is 1. The van der Waals surface area contributed by atoms with Crippen LogP contribution in [0.25, 0.3) is 0 Å². The summed E-state index contributed by atoms with van der Waals surface area (Å²) in [5.74, 6) is 0.843. The van der Waals surface area contributed by atoms with Crippen molar-refractivity contribution >= 4 is 15.9 Å². The maximum atomic E-state index is 9.44. The van der Waals surface area contributed by atoms with Crippen LogP contribution in [0.3, 0.4) is 0 Å². The summed E-state index contributed by atoms with van der Waals surface area (Å²) in [6.45, 7) is 1.58. The molecule has 2 N–H and O–H groups in total. The Kier molecular flexibility index (Phi) is 3.22. The molecular weight excluding hydrogens is 250 g/mol. The summed E-state index contributed by atoms with van der Waals surface area (Å²) in [4.78, 5) is 0. The largest absolute Gasteiger partial charge is 0.453 e. The van der Waals surface area contributed by atoms with Gasteiger partial charge in [0.25, 0.3) is 0 Å². The van der Waals surface area contributed by atoms with E-state index in [9.17, 15) is 5.11 Å². The van der Waals surface area contributed by atoms with Crippen molar-refractivity contribution in [1.82, 2.24) is 5.32 Å². The molecule has 2 rings (SSSR count). The molecule has 2 unspecified atom stereocenters. The molecule has 1 aliphatic heterocycles. The number of rotatable bonds is 3. The van der Waals surface area contributed by atoms with E-state index in [1.54, 1.807) is 0 Å². The summed E-state index contributed by atoms with van der Waals surface area (Å²) in [5, 5.41) is 12.6. The summed E-state index contributed by atoms with van der Waals surface area (Å²) in [5.41, 5.74) is 0. The van der Waals surface area contributed by atoms with Crippen molar-refractivity contribution in [2.45, 2.75) is 18.7 Å². The van der Waals surface area contributed by atoms with Crippen LogP contribution >= 0.6 is 15.9 Å². The molecule has 1 aliphatic rings. The van der Waals surface area contributed by atoms with E-state index in [1.807, 2.05) is 12.1 Å². The Labute approximate surface area is 90.4 Å². The van der Waals surface area contributed by atoms with Crippen molar-refractivity contribution in [3.05, 3.63) is 22.6 Å². The first-order valence-corrected chi connectivity index (χ1v) is 5.28. The van der Waals surface area contributed by atoms with E-state index in [2.05, 4.69) is 21.2 Å². The fourth-order valence-electron chi connectivity index (χ4n) is 1.42. The van der Waals surface area contributed by atoms with Crippen molar-refractivity contribution in [2.24, 2.45) is 0 Å². The van der Waals surface area contributed by atoms with Crippen LogP contribution in [0.4, 0.5) is 0 Å². The molecule has 14 heavy (non-hydrogen) atoms. The minimum Gasteiger partial charge on any atom is -0.453 e. The van der Waals surface area contributed by atoms with E-state index in [0.717, 1.165) is 10.4 Å². The molecule has 0 saturated carbocycles. The van der Waals surface area contributed by atoms with E-state index in [1.165, 1.54) is 0 Å². The lowest BCUT2D eigenvalue weighted by molar-refractivity contribution is 0.122. The number of hydrogen-bond donors (Lipinski definition) is 2. The lowest BCUT2D eigenvalue weighted by Crippen LogP contribution is -2.38. The molecule has 0 aromatic carbocycles. The van der Waals surface area contributed by atoms with Gasteiger partial charge >= 0.3 is 0 Å². The van der Waals surface area contributed by atoms with Gasteiger partial charge in [0.1, 0.15) is 5.76 Å². The van der Waals surface area contributed by atoms with Gasteiger partial charge in [-0.15, -0.1) is 0 Å². The Morgan fingerprint density at radius 1 is 1.50 bits per heavy atom. The third kappa shape index (κ3) is 2.36. The standard InChI is InChI=1S/C9H12BrNO3/c10-9-2-1-6(14-9)3-11-7-4-13-5-8(7)12/h1-2,7-8,11-12H,3-5H2. The third-order valence-electron chi connectivity index (χ3n) is 2.22. The molecular formula is C9H12BrNO3. The van der Waals surface area contributed by atoms with Gasteiger partial charge in [0, 0.05) is 0 Å². The molecule has 78 valence electrons. The average Bonchev–Trinajstić information content (AvgIpc) is 2.72. The molecule has 1 fully saturated rings. The van der Waals surface area contributed by atoms with Crippen LogP contribution in [0, 0.1) is 0 Å². The summed E-state index contributed by atoms with van der Waals surface area (Å²) in [6, 6.07) is 3.75. The van der Waals surface area contributed by atoms with Crippen LogP contribution in [-0.2, 0) is 11.3 Å². The van der Waals surface area contributed by atoms with Crippen molar-refractivity contribution in [2.75, 3.05) is 13.2 Å². The predicted molar refractivity (Wildman–Crippen MR) is 53.9 cm³/mol. The number of nitrogens with one attached hydrogen (secondary N) is 1. The molecule has 5 heteroatoms. The Morgan fingerprint density at radius 2 is 2.36 bits per heavy atom. The van der Waals surface area contributed by atoms with E-state index >= 15 is 0 Å². The molecule has 2 atom stereocenters. The molecule has 1 aromatic heterocycles. The predicted octanol–water partition coefficient (Wildman–Crippen LogP) is 0.891. The second-order valence-electron chi connectivity index (χ2n) is 3.30. The van der Waals surface area contributed by atoms with E-state index in [4.69, 9.17) is 9.15 Å². The van der Waals surface area contributed by atoms with Crippen molar-refractivity contribution in [1.29, 1.82) is 0 Å². The number of hydrogen-bond acceptors (Lipinski definition) is 4. The average molecular weight is 262 g/mol. The zero-order valence-corrected chi connectivity index (χ0v) is 9.16. The topological polar surface area (TPSA) is 54.6 Å². The van der Waals surface area contributed by atoms with Crippen LogP contribution in [0.1, 0.15) is 5.76 Å². The summed E-state index contributed by atoms with van der Waals surface area (Å²) >= 11 is 3.23. The van der Waals surface area contributed by atoms with Gasteiger partial charge in [-0.2, -0.15) is 0 Å². The van der Waals surface area contributed by atoms with Crippen molar-refractivity contribution in [3.8, 4) is 0 Å². The Hall–Kier alpha value is -0.360. The fourth-order valence-corrected chi connectivity index (χ4v) is 1.76. The highest BCUT2D eigenvalue weighted by Crippen LogP contribution is 2.14. The first-order valence-electron chi connectivity index (χ1n) is 4.49. The van der Waals surface area contributed by atoms with Crippen LogP contribution in [-0.4, -0.2) is 30.5 Å². The highest BCUT2D eigenvalue weighted by molar-refractivity contribution is 9.10. The van der Waals surface area contributed by atoms with E-state index in [0.29, 0.717) is 19.8 Å². The van der Waals surface area contributed by atoms with Gasteiger partial charge in [0.2, 0.25) is 0 Å². The number of halogens is 1. The quantitative estimate of drug-likeness (QED) is 0.849. The van der Waals surface area contributed by atoms with Gasteiger partial charge in [-0.05, 0) is 28.1 Å². The lowest BCUT2D eigenvalue weighted by atomic mass is 10.2. The number of furan rings is 1. The summed E-state index contributed by atoms with van der Waals surface area (Å²) in [6.07, 6.45) is -0.409. The molecule has 0 aliphatic carbocycles. The Bertz CT molecular complexity index is 302. The Balaban J connectivity index is 1.82. The maximum absolute atomic E-state index is 9.44. The maximum Gasteiger partial charge on any atom is 0.169 e. The third-order valence-corrected chi connectivity index (χ3v) is 2.64. The van der Waals surface area contributed by atoms with E-state index in [-0.39, 0.29) is 6.04 Å². The second kappa shape index (κ2) is 4.44. The van der Waals surface area contributed by atoms with Crippen LogP contribution in [0.15, 0.2) is 21.2 Å². The highest BCUT2D eigenvalue weighted by Gasteiger charge is 2.25. The molecule has 0 radical (unpaired) electrons. The normalized spacial score (nSPS) is 27.0. The zero-order valence-electron chi connectivity index (χ0n) is 7.57. The lowest BCUT2D eigenvalue weighted by Gasteiger charge is -2.12. The molecule has 2 heterocycles. The number of ether oxygens (including phenoxy) is 1. The van der Waals surface area contributed by atoms with Crippen LogP contribution in [0.2, 0.25) is 0 Å². The minimum atomic E-state index is -0.409. The summed E-state index contributed by atoms with van der Waals surface area (Å²) < 4.78 is 11.1. The first kappa shape index (κ1) is 10.2. The van der Waals surface area contributed by atoms with Gasteiger partial charge in [-0.3, -0.25) is 0 Å². The SMILES string of the molecule is OC1COCC1NCc1ccc(Br)o1. The summed E-state index contributed by atoms with van der Waals surface area (Å²) in [7, 11) is 0. The molecule has 0 spiro atoms. The molecule has 0 bridgehead atoms. The fraction of sp³-hybridized carbons (Fsp3) is 0.556. The molecule has 1 aromatic rings. The second-order valence-corrected chi connectivity index (χ2v) is 4.08. The van der Waals surface area contributed by atoms with Crippen LogP contribution in [0.5, 0.6) is 0 Å². The monoisotopic (exact) mass is 261 g/mol. The smallest absolute Gasteiger partial charge is 0.169 e. The van der Waals surface area contributed by atoms with Gasteiger partial charge in [0.15, 0.2) is 4.67 Å². The zero-order chi connectivity index (χ0) is 9.97. The van der Waals surface area contributed by atoms with Crippen molar-refractivity contribution in [3.63, 3.8) is 0 Å². The van der Waals surface area contributed by atoms with Gasteiger partial charge in [-0.25, -0.2) is 0 Å². The van der Waals surface area contributed by atoms with Gasteiger partial charge < -0.3 is 19.6 Å². The van der Waals surface area contributed by atoms with Gasteiger partial charge in [-0.1, -0.05) is 0 Å². The van der Waals surface area contributed by atoms with E-state index < -0.39 is 6.10 Å². The Morgan fingerprint density at radius 3 is 2.93 bits per heavy atom. The first-order chi connectivity index (χ1) is 6.75. The molecule has 4 nitrogen and oxygen atoms in total. The number of aliphatic hydroxyl groups is 1. The molecule has 0 amide bonds. The highest BCUT2D eigenvalue weighted by atomic mass is 79.9.